The number of benzene rings is 2. The van der Waals surface area contributed by atoms with Gasteiger partial charge < -0.3 is 14.2 Å². The Bertz CT molecular complexity index is 789. The van der Waals surface area contributed by atoms with E-state index in [4.69, 9.17) is 9.47 Å². The van der Waals surface area contributed by atoms with Crippen LogP contribution in [0.15, 0.2) is 48.5 Å². The smallest absolute Gasteiger partial charge is 0.351 e. The highest BCUT2D eigenvalue weighted by Gasteiger charge is 2.27. The van der Waals surface area contributed by atoms with Crippen molar-refractivity contribution < 1.29 is 28.7 Å². The standard InChI is InChI=1S/C17H15NO7/c1-23-14-9-8-12(10-13(14)18(21)22)16(19)25-15(17(20)24-2)11-6-4-3-5-7-11/h3-10,15H,1-2H3. The van der Waals surface area contributed by atoms with Crippen LogP contribution in [0.2, 0.25) is 0 Å². The van der Waals surface area contributed by atoms with Gasteiger partial charge in [-0.2, -0.15) is 0 Å². The molecule has 0 fully saturated rings. The molecule has 0 N–H and O–H groups in total. The molecule has 0 saturated heterocycles. The Morgan fingerprint density at radius 1 is 1.08 bits per heavy atom. The second kappa shape index (κ2) is 7.91. The third kappa shape index (κ3) is 4.11. The van der Waals surface area contributed by atoms with Gasteiger partial charge in [0, 0.05) is 11.6 Å². The predicted octanol–water partition coefficient (Wildman–Crippen LogP) is 2.67. The second-order valence-corrected chi connectivity index (χ2v) is 4.86. The summed E-state index contributed by atoms with van der Waals surface area (Å²) in [5.41, 5.74) is -0.0469. The van der Waals surface area contributed by atoms with E-state index in [0.717, 1.165) is 6.07 Å². The van der Waals surface area contributed by atoms with Gasteiger partial charge in [0.05, 0.1) is 24.7 Å². The van der Waals surface area contributed by atoms with Crippen LogP contribution in [0.3, 0.4) is 0 Å². The van der Waals surface area contributed by atoms with Crippen LogP contribution in [0.1, 0.15) is 22.0 Å². The number of carbonyl (C=O) groups is 2. The average Bonchev–Trinajstić information content (AvgIpc) is 2.65. The van der Waals surface area contributed by atoms with Crippen molar-refractivity contribution in [2.75, 3.05) is 14.2 Å². The minimum absolute atomic E-state index is 0.00845. The maximum absolute atomic E-state index is 12.3. The molecule has 0 amide bonds. The lowest BCUT2D eigenvalue weighted by Crippen LogP contribution is -2.21. The fourth-order valence-electron chi connectivity index (χ4n) is 2.12. The van der Waals surface area contributed by atoms with Crippen molar-refractivity contribution in [3.63, 3.8) is 0 Å². The molecule has 0 saturated carbocycles. The highest BCUT2D eigenvalue weighted by Crippen LogP contribution is 2.29. The molecule has 0 aliphatic heterocycles. The van der Waals surface area contributed by atoms with E-state index in [1.165, 1.54) is 26.4 Å². The summed E-state index contributed by atoms with van der Waals surface area (Å²) < 4.78 is 14.7. The van der Waals surface area contributed by atoms with Crippen molar-refractivity contribution in [2.24, 2.45) is 0 Å². The molecule has 0 aromatic heterocycles. The molecule has 8 heteroatoms. The molecule has 2 aromatic rings. The summed E-state index contributed by atoms with van der Waals surface area (Å²) in [5, 5.41) is 11.1. The quantitative estimate of drug-likeness (QED) is 0.450. The molecule has 0 radical (unpaired) electrons. The van der Waals surface area contributed by atoms with Crippen molar-refractivity contribution in [1.29, 1.82) is 0 Å². The Kier molecular flexibility index (Phi) is 5.67. The first-order chi connectivity index (χ1) is 12.0. The SMILES string of the molecule is COC(=O)C(OC(=O)c1ccc(OC)c([N+](=O)[O-])c1)c1ccccc1. The number of carbonyl (C=O) groups excluding carboxylic acids is 2. The Labute approximate surface area is 143 Å². The largest absolute Gasteiger partial charge is 0.490 e. The van der Waals surface area contributed by atoms with Crippen LogP contribution < -0.4 is 4.74 Å². The Morgan fingerprint density at radius 2 is 1.76 bits per heavy atom. The van der Waals surface area contributed by atoms with Crippen LogP contribution in [0, 0.1) is 10.1 Å². The molecule has 0 heterocycles. The Morgan fingerprint density at radius 3 is 2.32 bits per heavy atom. The molecule has 1 atom stereocenters. The van der Waals surface area contributed by atoms with Crippen molar-refractivity contribution in [1.82, 2.24) is 0 Å². The highest BCUT2D eigenvalue weighted by atomic mass is 16.6. The maximum Gasteiger partial charge on any atom is 0.351 e. The van der Waals surface area contributed by atoms with E-state index < -0.39 is 23.0 Å². The van der Waals surface area contributed by atoms with E-state index in [1.54, 1.807) is 30.3 Å². The molecular weight excluding hydrogens is 330 g/mol. The topological polar surface area (TPSA) is 105 Å². The van der Waals surface area contributed by atoms with Crippen LogP contribution in [0.25, 0.3) is 0 Å². The Balaban J connectivity index is 2.31. The van der Waals surface area contributed by atoms with Gasteiger partial charge in [0.15, 0.2) is 5.75 Å². The third-order valence-corrected chi connectivity index (χ3v) is 3.35. The van der Waals surface area contributed by atoms with Gasteiger partial charge in [-0.25, -0.2) is 9.59 Å². The van der Waals surface area contributed by atoms with E-state index in [2.05, 4.69) is 4.74 Å². The van der Waals surface area contributed by atoms with Crippen LogP contribution in [-0.2, 0) is 14.3 Å². The zero-order chi connectivity index (χ0) is 18.4. The first kappa shape index (κ1) is 17.9. The van der Waals surface area contributed by atoms with Crippen molar-refractivity contribution in [3.05, 3.63) is 69.8 Å². The lowest BCUT2D eigenvalue weighted by molar-refractivity contribution is -0.385. The van der Waals surface area contributed by atoms with Crippen molar-refractivity contribution in [3.8, 4) is 5.75 Å². The van der Waals surface area contributed by atoms with Crippen molar-refractivity contribution >= 4 is 17.6 Å². The minimum atomic E-state index is -1.28. The van der Waals surface area contributed by atoms with E-state index in [-0.39, 0.29) is 17.0 Å². The van der Waals surface area contributed by atoms with E-state index in [0.29, 0.717) is 5.56 Å². The van der Waals surface area contributed by atoms with Gasteiger partial charge >= 0.3 is 17.6 Å². The van der Waals surface area contributed by atoms with Gasteiger partial charge in [-0.15, -0.1) is 0 Å². The number of ether oxygens (including phenoxy) is 3. The number of rotatable bonds is 6. The fourth-order valence-corrected chi connectivity index (χ4v) is 2.12. The summed E-state index contributed by atoms with van der Waals surface area (Å²) in [5.74, 6) is -1.65. The predicted molar refractivity (Wildman–Crippen MR) is 86.3 cm³/mol. The third-order valence-electron chi connectivity index (χ3n) is 3.35. The summed E-state index contributed by atoms with van der Waals surface area (Å²) in [6.07, 6.45) is -1.28. The van der Waals surface area contributed by atoms with Gasteiger partial charge in [-0.3, -0.25) is 10.1 Å². The summed E-state index contributed by atoms with van der Waals surface area (Å²) in [7, 11) is 2.45. The number of esters is 2. The van der Waals surface area contributed by atoms with Crippen molar-refractivity contribution in [2.45, 2.75) is 6.10 Å². The lowest BCUT2D eigenvalue weighted by Gasteiger charge is -2.16. The molecule has 0 bridgehead atoms. The monoisotopic (exact) mass is 345 g/mol. The first-order valence-corrected chi connectivity index (χ1v) is 7.14. The number of nitrogens with zero attached hydrogens (tertiary/aromatic N) is 1. The summed E-state index contributed by atoms with van der Waals surface area (Å²) in [6.45, 7) is 0. The number of hydrogen-bond donors (Lipinski definition) is 0. The van der Waals surface area contributed by atoms with Crippen LogP contribution in [-0.4, -0.2) is 31.1 Å². The average molecular weight is 345 g/mol. The van der Waals surface area contributed by atoms with Gasteiger partial charge in [0.1, 0.15) is 0 Å². The van der Waals surface area contributed by atoms with Gasteiger partial charge in [-0.1, -0.05) is 30.3 Å². The molecular formula is C17H15NO7. The van der Waals surface area contributed by atoms with Crippen LogP contribution in [0.4, 0.5) is 5.69 Å². The number of methoxy groups -OCH3 is 2. The minimum Gasteiger partial charge on any atom is -0.490 e. The molecule has 2 aromatic carbocycles. The summed E-state index contributed by atoms with van der Waals surface area (Å²) in [4.78, 5) is 34.6. The molecule has 130 valence electrons. The van der Waals surface area contributed by atoms with Gasteiger partial charge in [-0.05, 0) is 12.1 Å². The highest BCUT2D eigenvalue weighted by molar-refractivity contribution is 5.92. The number of nitro benzene ring substituents is 1. The number of nitro groups is 1. The maximum atomic E-state index is 12.3. The lowest BCUT2D eigenvalue weighted by atomic mass is 10.1. The zero-order valence-electron chi connectivity index (χ0n) is 13.5. The normalized spacial score (nSPS) is 11.3. The number of hydrogen-bond acceptors (Lipinski definition) is 7. The zero-order valence-corrected chi connectivity index (χ0v) is 13.5. The van der Waals surface area contributed by atoms with E-state index >= 15 is 0 Å². The van der Waals surface area contributed by atoms with Gasteiger partial charge in [0.2, 0.25) is 6.10 Å². The molecule has 0 spiro atoms. The molecule has 25 heavy (non-hydrogen) atoms. The first-order valence-electron chi connectivity index (χ1n) is 7.14. The van der Waals surface area contributed by atoms with Crippen LogP contribution >= 0.6 is 0 Å². The Hall–Kier alpha value is -3.42. The second-order valence-electron chi connectivity index (χ2n) is 4.86. The molecule has 1 unspecified atom stereocenters. The molecule has 2 rings (SSSR count). The summed E-state index contributed by atoms with van der Waals surface area (Å²) in [6, 6.07) is 11.9. The van der Waals surface area contributed by atoms with Gasteiger partial charge in [0.25, 0.3) is 0 Å². The summed E-state index contributed by atoms with van der Waals surface area (Å²) >= 11 is 0. The van der Waals surface area contributed by atoms with Crippen LogP contribution in [0.5, 0.6) is 5.75 Å². The fraction of sp³-hybridized carbons (Fsp3) is 0.176. The molecule has 0 aliphatic carbocycles. The molecule has 8 nitrogen and oxygen atoms in total. The van der Waals surface area contributed by atoms with E-state index in [1.807, 2.05) is 0 Å². The van der Waals surface area contributed by atoms with E-state index in [9.17, 15) is 19.7 Å². The molecule has 0 aliphatic rings.